The van der Waals surface area contributed by atoms with Gasteiger partial charge in [-0.2, -0.15) is 0 Å². The monoisotopic (exact) mass is 765 g/mol. The number of nitrogens with zero attached hydrogens (tertiary/aromatic N) is 5. The number of benzene rings is 4. The highest BCUT2D eigenvalue weighted by Gasteiger charge is 2.34. The van der Waals surface area contributed by atoms with E-state index in [4.69, 9.17) is 33.7 Å². The summed E-state index contributed by atoms with van der Waals surface area (Å²) in [6, 6.07) is 26.5. The van der Waals surface area contributed by atoms with Crippen molar-refractivity contribution in [2.45, 2.75) is 58.2 Å². The maximum Gasteiger partial charge on any atom is 0.257 e. The number of aromatic nitrogens is 1. The topological polar surface area (TPSA) is 124 Å². The van der Waals surface area contributed by atoms with Crippen molar-refractivity contribution in [2.75, 3.05) is 21.3 Å². The molecule has 0 N–H and O–H groups in total. The first-order chi connectivity index (χ1) is 27.8. The fraction of sp³-hybridized carbons (Fsp3) is 0.267. The fourth-order valence-corrected chi connectivity index (χ4v) is 7.74. The highest BCUT2D eigenvalue weighted by molar-refractivity contribution is 6.03. The number of pyridine rings is 1. The third-order valence-corrected chi connectivity index (χ3v) is 10.8. The average Bonchev–Trinajstić information content (AvgIpc) is 3.37. The quantitative estimate of drug-likeness (QED) is 0.127. The van der Waals surface area contributed by atoms with E-state index in [0.29, 0.717) is 82.1 Å². The van der Waals surface area contributed by atoms with Crippen molar-refractivity contribution in [3.05, 3.63) is 130 Å². The van der Waals surface area contributed by atoms with Crippen LogP contribution in [0.15, 0.2) is 94.9 Å². The van der Waals surface area contributed by atoms with E-state index < -0.39 is 0 Å². The van der Waals surface area contributed by atoms with Crippen LogP contribution in [0.3, 0.4) is 0 Å². The molecular formula is C45H43N5O7. The van der Waals surface area contributed by atoms with Gasteiger partial charge >= 0.3 is 0 Å². The van der Waals surface area contributed by atoms with Gasteiger partial charge in [0.2, 0.25) is 0 Å². The van der Waals surface area contributed by atoms with Crippen molar-refractivity contribution in [3.8, 4) is 28.7 Å². The molecule has 0 aliphatic carbocycles. The molecule has 0 radical (unpaired) electrons. The summed E-state index contributed by atoms with van der Waals surface area (Å²) in [6.07, 6.45) is 3.31. The predicted molar refractivity (Wildman–Crippen MR) is 216 cm³/mol. The predicted octanol–water partition coefficient (Wildman–Crippen LogP) is 7.47. The van der Waals surface area contributed by atoms with E-state index in [1.54, 1.807) is 43.5 Å². The van der Waals surface area contributed by atoms with Crippen LogP contribution in [-0.4, -0.2) is 72.9 Å². The van der Waals surface area contributed by atoms with E-state index >= 15 is 0 Å². The molecule has 3 aliphatic heterocycles. The van der Waals surface area contributed by atoms with Gasteiger partial charge in [0.15, 0.2) is 23.0 Å². The van der Waals surface area contributed by atoms with E-state index in [0.717, 1.165) is 17.5 Å². The summed E-state index contributed by atoms with van der Waals surface area (Å²) in [5, 5.41) is 0. The molecule has 4 aromatic carbocycles. The van der Waals surface area contributed by atoms with Crippen LogP contribution in [0.4, 0.5) is 11.4 Å². The van der Waals surface area contributed by atoms with Crippen molar-refractivity contribution < 1.29 is 33.3 Å². The standard InChI is InChI=1S/C45H43N5O7/c1-27-14-28-10-6-8-12-30(28)23-49(27)44(51)36-18-40(54-4)42(20-38(36)46-2)56-25-32-16-35(53-3)17-33(48-32)26-57-43-21-39-37(19-41(43)55-5)45(52)50-24-31-13-9-7-11-29(31)15-34(50)22-47-39/h6-13,16-22,27,34H,2,14-15,23-26H2,1,3-5H3/t27-,34+/m1/s1. The summed E-state index contributed by atoms with van der Waals surface area (Å²) >= 11 is 0. The summed E-state index contributed by atoms with van der Waals surface area (Å²) in [6.45, 7) is 6.91. The third kappa shape index (κ3) is 7.38. The molecule has 1 aromatic heterocycles. The second-order valence-electron chi connectivity index (χ2n) is 14.3. The van der Waals surface area contributed by atoms with Gasteiger partial charge in [-0.1, -0.05) is 48.5 Å². The first-order valence-electron chi connectivity index (χ1n) is 18.8. The van der Waals surface area contributed by atoms with Crippen molar-refractivity contribution in [3.63, 3.8) is 0 Å². The lowest BCUT2D eigenvalue weighted by atomic mass is 9.94. The van der Waals surface area contributed by atoms with E-state index in [1.165, 1.54) is 25.3 Å². The molecule has 12 heteroatoms. The van der Waals surface area contributed by atoms with Gasteiger partial charge in [-0.3, -0.25) is 24.6 Å². The summed E-state index contributed by atoms with van der Waals surface area (Å²) in [4.78, 5) is 45.2. The molecule has 0 saturated carbocycles. The van der Waals surface area contributed by atoms with Crippen molar-refractivity contribution in [2.24, 2.45) is 9.98 Å². The number of carbonyl (C=O) groups is 2. The van der Waals surface area contributed by atoms with Crippen LogP contribution in [0.25, 0.3) is 0 Å². The molecule has 3 aliphatic rings. The number of hydrogen-bond acceptors (Lipinski definition) is 10. The lowest BCUT2D eigenvalue weighted by molar-refractivity contribution is 0.0657. The zero-order valence-corrected chi connectivity index (χ0v) is 32.4. The maximum absolute atomic E-state index is 13.9. The average molecular weight is 766 g/mol. The van der Waals surface area contributed by atoms with Gasteiger partial charge in [0.25, 0.3) is 11.8 Å². The van der Waals surface area contributed by atoms with Gasteiger partial charge in [-0.15, -0.1) is 0 Å². The first-order valence-corrected chi connectivity index (χ1v) is 18.8. The van der Waals surface area contributed by atoms with Crippen LogP contribution in [0.1, 0.15) is 61.3 Å². The van der Waals surface area contributed by atoms with E-state index in [-0.39, 0.29) is 37.1 Å². The number of amides is 2. The van der Waals surface area contributed by atoms with Crippen molar-refractivity contribution in [1.29, 1.82) is 0 Å². The maximum atomic E-state index is 13.9. The molecule has 8 rings (SSSR count). The van der Waals surface area contributed by atoms with Gasteiger partial charge in [0.1, 0.15) is 19.0 Å². The van der Waals surface area contributed by atoms with Gasteiger partial charge in [-0.05, 0) is 60.9 Å². The van der Waals surface area contributed by atoms with Crippen LogP contribution in [0.5, 0.6) is 28.7 Å². The summed E-state index contributed by atoms with van der Waals surface area (Å²) < 4.78 is 29.5. The van der Waals surface area contributed by atoms with Gasteiger partial charge in [0.05, 0.1) is 61.3 Å². The number of rotatable bonds is 11. The Kier molecular flexibility index (Phi) is 10.3. The highest BCUT2D eigenvalue weighted by Crippen LogP contribution is 2.40. The largest absolute Gasteiger partial charge is 0.497 e. The smallest absolute Gasteiger partial charge is 0.257 e. The minimum absolute atomic E-state index is 0.00135. The Morgan fingerprint density at radius 3 is 2.04 bits per heavy atom. The van der Waals surface area contributed by atoms with Crippen molar-refractivity contribution >= 4 is 36.1 Å². The second-order valence-corrected chi connectivity index (χ2v) is 14.3. The minimum Gasteiger partial charge on any atom is -0.497 e. The lowest BCUT2D eigenvalue weighted by Crippen LogP contribution is -2.44. The molecule has 2 atom stereocenters. The highest BCUT2D eigenvalue weighted by atomic mass is 16.5. The third-order valence-electron chi connectivity index (χ3n) is 10.8. The summed E-state index contributed by atoms with van der Waals surface area (Å²) in [5.74, 6) is 1.86. The van der Waals surface area contributed by atoms with E-state index in [2.05, 4.69) is 36.0 Å². The number of aliphatic imine (C=N–C) groups is 2. The molecule has 12 nitrogen and oxygen atoms in total. The summed E-state index contributed by atoms with van der Waals surface area (Å²) in [7, 11) is 4.64. The first kappa shape index (κ1) is 37.2. The van der Waals surface area contributed by atoms with Crippen LogP contribution in [-0.2, 0) is 39.1 Å². The molecule has 0 fully saturated rings. The molecule has 2 amide bonds. The number of fused-ring (bicyclic) bond motifs is 4. The molecule has 290 valence electrons. The Labute approximate surface area is 331 Å². The Bertz CT molecular complexity index is 2410. The molecule has 5 aromatic rings. The molecular weight excluding hydrogens is 723 g/mol. The zero-order chi connectivity index (χ0) is 39.6. The molecule has 4 heterocycles. The van der Waals surface area contributed by atoms with Gasteiger partial charge in [0, 0.05) is 49.6 Å². The normalized spacial score (nSPS) is 16.7. The SMILES string of the molecule is C=Nc1cc(OCc2cc(OC)cc(COc3cc4c(cc3OC)C(=O)N3Cc5ccccc5C[C@H]3C=N4)n2)c(OC)cc1C(=O)N1Cc2ccccc2C[C@H]1C. The second kappa shape index (κ2) is 15.8. The Morgan fingerprint density at radius 2 is 1.39 bits per heavy atom. The summed E-state index contributed by atoms with van der Waals surface area (Å²) in [5.41, 5.74) is 7.59. The van der Waals surface area contributed by atoms with Crippen LogP contribution in [0, 0.1) is 0 Å². The molecule has 0 saturated heterocycles. The van der Waals surface area contributed by atoms with Crippen molar-refractivity contribution in [1.82, 2.24) is 14.8 Å². The van der Waals surface area contributed by atoms with Crippen LogP contribution >= 0.6 is 0 Å². The number of carbonyl (C=O) groups excluding carboxylic acids is 2. The Hall–Kier alpha value is -6.69. The molecule has 0 unspecified atom stereocenters. The lowest BCUT2D eigenvalue weighted by Gasteiger charge is -2.35. The van der Waals surface area contributed by atoms with Crippen LogP contribution < -0.4 is 23.7 Å². The van der Waals surface area contributed by atoms with E-state index in [9.17, 15) is 9.59 Å². The molecule has 57 heavy (non-hydrogen) atoms. The van der Waals surface area contributed by atoms with Crippen LogP contribution in [0.2, 0.25) is 0 Å². The molecule has 0 spiro atoms. The number of ether oxygens (including phenoxy) is 5. The zero-order valence-electron chi connectivity index (χ0n) is 32.4. The Balaban J connectivity index is 0.987. The van der Waals surface area contributed by atoms with Gasteiger partial charge in [-0.25, -0.2) is 0 Å². The number of methoxy groups -OCH3 is 3. The number of hydrogen-bond donors (Lipinski definition) is 0. The van der Waals surface area contributed by atoms with Gasteiger partial charge < -0.3 is 33.5 Å². The van der Waals surface area contributed by atoms with E-state index in [1.807, 2.05) is 47.2 Å². The fourth-order valence-electron chi connectivity index (χ4n) is 7.74. The molecule has 0 bridgehead atoms. The minimum atomic E-state index is -0.158. The Morgan fingerprint density at radius 1 is 0.772 bits per heavy atom.